The highest BCUT2D eigenvalue weighted by molar-refractivity contribution is 5.67. The molecule has 0 aromatic carbocycles. The molecule has 8 heteroatoms. The maximum Gasteiger partial charge on any atom is 0.407 e. The molecular weight excluding hydrogens is 496 g/mol. The van der Waals surface area contributed by atoms with Crippen LogP contribution in [0.25, 0.3) is 0 Å². The molecule has 1 aromatic heterocycles. The first-order valence-electron chi connectivity index (χ1n) is 15.3. The summed E-state index contributed by atoms with van der Waals surface area (Å²) in [6.07, 6.45) is 10.4. The molecule has 8 atom stereocenters. The van der Waals surface area contributed by atoms with Gasteiger partial charge in [-0.25, -0.2) is 9.59 Å². The number of hydrogen-bond acceptors (Lipinski definition) is 7. The predicted octanol–water partition coefficient (Wildman–Crippen LogP) is 4.31. The quantitative estimate of drug-likeness (QED) is 0.572. The molecule has 2 N–H and O–H groups in total. The average Bonchev–Trinajstić information content (AvgIpc) is 3.21. The molecule has 0 radical (unpaired) electrons. The smallest absolute Gasteiger partial charge is 0.407 e. The van der Waals surface area contributed by atoms with E-state index < -0.39 is 5.60 Å². The lowest BCUT2D eigenvalue weighted by molar-refractivity contribution is -0.202. The number of morpholine rings is 1. The van der Waals surface area contributed by atoms with Crippen LogP contribution in [-0.4, -0.2) is 67.2 Å². The van der Waals surface area contributed by atoms with E-state index in [1.807, 2.05) is 6.07 Å². The van der Waals surface area contributed by atoms with Crippen molar-refractivity contribution in [2.45, 2.75) is 89.2 Å². The zero-order chi connectivity index (χ0) is 27.3. The van der Waals surface area contributed by atoms with Crippen molar-refractivity contribution >= 4 is 6.09 Å². The Balaban J connectivity index is 1.07. The lowest BCUT2D eigenvalue weighted by Crippen LogP contribution is -2.62. The van der Waals surface area contributed by atoms with Crippen LogP contribution in [0.5, 0.6) is 0 Å². The van der Waals surface area contributed by atoms with Crippen molar-refractivity contribution < 1.29 is 23.8 Å². The summed E-state index contributed by atoms with van der Waals surface area (Å²) in [7, 11) is 0. The molecule has 5 fully saturated rings. The van der Waals surface area contributed by atoms with E-state index in [0.717, 1.165) is 96.2 Å². The van der Waals surface area contributed by atoms with Crippen LogP contribution in [0.4, 0.5) is 4.79 Å². The van der Waals surface area contributed by atoms with Gasteiger partial charge in [-0.1, -0.05) is 13.8 Å². The van der Waals surface area contributed by atoms with Gasteiger partial charge in [-0.05, 0) is 98.5 Å². The summed E-state index contributed by atoms with van der Waals surface area (Å²) in [6, 6.07) is 3.58. The summed E-state index contributed by atoms with van der Waals surface area (Å²) in [5.41, 5.74) is 0.0226. The van der Waals surface area contributed by atoms with E-state index in [1.165, 1.54) is 6.07 Å². The zero-order valence-electron chi connectivity index (χ0n) is 23.7. The molecule has 1 amide bonds. The van der Waals surface area contributed by atoms with Gasteiger partial charge in [0.15, 0.2) is 0 Å². The Morgan fingerprint density at radius 3 is 2.67 bits per heavy atom. The maximum atomic E-state index is 12.6. The van der Waals surface area contributed by atoms with Gasteiger partial charge in [0.05, 0.1) is 25.1 Å². The van der Waals surface area contributed by atoms with Crippen LogP contribution >= 0.6 is 0 Å². The SMILES string of the molecule is C[C@]12CC[C@H](NC(=O)OCCN3CCOCC3)C[C@H]1CC[C@@H]1[C@@H]2CC[C@]2(C)[C@@H](c3ccc(=O)oc3)CC[C@]12O. The molecule has 1 aromatic rings. The van der Waals surface area contributed by atoms with Crippen molar-refractivity contribution in [3.8, 4) is 0 Å². The number of aliphatic hydroxyl groups is 1. The summed E-state index contributed by atoms with van der Waals surface area (Å²) in [5, 5.41) is 15.6. The minimum Gasteiger partial charge on any atom is -0.448 e. The Hall–Kier alpha value is -1.90. The van der Waals surface area contributed by atoms with Crippen molar-refractivity contribution in [3.63, 3.8) is 0 Å². The van der Waals surface area contributed by atoms with Gasteiger partial charge in [-0.3, -0.25) is 4.90 Å². The average molecular weight is 543 g/mol. The molecule has 216 valence electrons. The molecule has 1 aliphatic heterocycles. The number of ether oxygens (including phenoxy) is 2. The van der Waals surface area contributed by atoms with Gasteiger partial charge >= 0.3 is 11.7 Å². The van der Waals surface area contributed by atoms with E-state index in [0.29, 0.717) is 24.4 Å². The molecule has 2 heterocycles. The Morgan fingerprint density at radius 1 is 1.08 bits per heavy atom. The van der Waals surface area contributed by atoms with Gasteiger partial charge in [-0.2, -0.15) is 0 Å². The standard InChI is InChI=1S/C31H46N2O6/c1-29-10-7-23(32-28(35)38-18-15-33-13-16-37-17-14-33)19-22(29)4-5-26-25(29)8-11-30(2)24(9-12-31(26,30)36)21-3-6-27(34)39-20-21/h3,6,20,22-26,36H,4-5,7-19H2,1-2H3,(H,32,35)/t22-,23+,24-,25+,26-,29+,30-,31+/m1/s1. The van der Waals surface area contributed by atoms with E-state index in [9.17, 15) is 14.7 Å². The molecule has 5 aliphatic rings. The van der Waals surface area contributed by atoms with E-state index >= 15 is 0 Å². The second kappa shape index (κ2) is 10.5. The Bertz CT molecular complexity index is 1080. The Kier molecular flexibility index (Phi) is 7.34. The maximum absolute atomic E-state index is 12.6. The van der Waals surface area contributed by atoms with Crippen LogP contribution < -0.4 is 10.9 Å². The number of fused-ring (bicyclic) bond motifs is 5. The molecule has 0 unspecified atom stereocenters. The van der Waals surface area contributed by atoms with Crippen LogP contribution in [0.1, 0.15) is 83.1 Å². The highest BCUT2D eigenvalue weighted by Gasteiger charge is 2.67. The van der Waals surface area contributed by atoms with Crippen molar-refractivity contribution in [1.82, 2.24) is 10.2 Å². The number of alkyl carbamates (subject to hydrolysis) is 1. The molecule has 39 heavy (non-hydrogen) atoms. The summed E-state index contributed by atoms with van der Waals surface area (Å²) in [4.78, 5) is 26.4. The van der Waals surface area contributed by atoms with Gasteiger partial charge in [0.2, 0.25) is 0 Å². The second-order valence-electron chi connectivity index (χ2n) is 13.6. The molecule has 8 nitrogen and oxygen atoms in total. The van der Waals surface area contributed by atoms with E-state index in [2.05, 4.69) is 24.1 Å². The molecular formula is C31H46N2O6. The lowest BCUT2D eigenvalue weighted by Gasteiger charge is -2.63. The molecule has 4 aliphatic carbocycles. The normalized spacial score (nSPS) is 42.2. The Morgan fingerprint density at radius 2 is 1.90 bits per heavy atom. The number of carbonyl (C=O) groups is 1. The summed E-state index contributed by atoms with van der Waals surface area (Å²) >= 11 is 0. The van der Waals surface area contributed by atoms with Crippen LogP contribution in [-0.2, 0) is 9.47 Å². The van der Waals surface area contributed by atoms with Crippen molar-refractivity contribution in [3.05, 3.63) is 34.4 Å². The van der Waals surface area contributed by atoms with Crippen LogP contribution in [0.3, 0.4) is 0 Å². The minimum atomic E-state index is -0.690. The van der Waals surface area contributed by atoms with E-state index in [-0.39, 0.29) is 34.5 Å². The summed E-state index contributed by atoms with van der Waals surface area (Å²) in [6.45, 7) is 9.22. The molecule has 0 spiro atoms. The molecule has 4 saturated carbocycles. The zero-order valence-corrected chi connectivity index (χ0v) is 23.7. The monoisotopic (exact) mass is 542 g/mol. The van der Waals surface area contributed by atoms with Gasteiger partial charge in [-0.15, -0.1) is 0 Å². The first-order valence-corrected chi connectivity index (χ1v) is 15.3. The predicted molar refractivity (Wildman–Crippen MR) is 146 cm³/mol. The van der Waals surface area contributed by atoms with Crippen molar-refractivity contribution in [1.29, 1.82) is 0 Å². The fraction of sp³-hybridized carbons (Fsp3) is 0.806. The van der Waals surface area contributed by atoms with E-state index in [1.54, 1.807) is 6.26 Å². The number of rotatable bonds is 5. The first kappa shape index (κ1) is 27.3. The number of hydrogen-bond donors (Lipinski definition) is 2. The summed E-state index contributed by atoms with van der Waals surface area (Å²) < 4.78 is 16.1. The second-order valence-corrected chi connectivity index (χ2v) is 13.6. The van der Waals surface area contributed by atoms with Gasteiger partial charge in [0.25, 0.3) is 0 Å². The molecule has 1 saturated heterocycles. The van der Waals surface area contributed by atoms with Crippen molar-refractivity contribution in [2.24, 2.45) is 28.6 Å². The minimum absolute atomic E-state index is 0.163. The largest absolute Gasteiger partial charge is 0.448 e. The third-order valence-electron chi connectivity index (χ3n) is 12.0. The third kappa shape index (κ3) is 4.74. The topological polar surface area (TPSA) is 101 Å². The number of amides is 1. The Labute approximate surface area is 231 Å². The van der Waals surface area contributed by atoms with Crippen LogP contribution in [0, 0.1) is 28.6 Å². The van der Waals surface area contributed by atoms with Crippen LogP contribution in [0.2, 0.25) is 0 Å². The summed E-state index contributed by atoms with van der Waals surface area (Å²) in [5.74, 6) is 1.57. The van der Waals surface area contributed by atoms with Gasteiger partial charge in [0.1, 0.15) is 6.61 Å². The fourth-order valence-corrected chi connectivity index (χ4v) is 9.76. The van der Waals surface area contributed by atoms with Crippen LogP contribution in [0.15, 0.2) is 27.6 Å². The number of carbonyl (C=O) groups excluding carboxylic acids is 1. The molecule has 0 bridgehead atoms. The number of nitrogens with zero attached hydrogens (tertiary/aromatic N) is 1. The lowest BCUT2D eigenvalue weighted by atomic mass is 9.43. The molecule has 6 rings (SSSR count). The highest BCUT2D eigenvalue weighted by atomic mass is 16.5. The van der Waals surface area contributed by atoms with Gasteiger partial charge in [0, 0.05) is 37.2 Å². The fourth-order valence-electron chi connectivity index (χ4n) is 9.76. The number of nitrogens with one attached hydrogen (secondary N) is 1. The van der Waals surface area contributed by atoms with Crippen molar-refractivity contribution in [2.75, 3.05) is 39.5 Å². The first-order chi connectivity index (χ1) is 18.7. The van der Waals surface area contributed by atoms with Gasteiger partial charge < -0.3 is 24.3 Å². The third-order valence-corrected chi connectivity index (χ3v) is 12.0. The van der Waals surface area contributed by atoms with E-state index in [4.69, 9.17) is 13.9 Å². The highest BCUT2D eigenvalue weighted by Crippen LogP contribution is 2.70.